The Kier molecular flexibility index (Phi) is 7.69. The minimum absolute atomic E-state index is 0.257. The van der Waals surface area contributed by atoms with Gasteiger partial charge in [0.1, 0.15) is 23.7 Å². The van der Waals surface area contributed by atoms with Gasteiger partial charge in [0.05, 0.1) is 13.7 Å². The van der Waals surface area contributed by atoms with E-state index in [0.29, 0.717) is 36.4 Å². The van der Waals surface area contributed by atoms with Crippen LogP contribution in [0.4, 0.5) is 0 Å². The predicted molar refractivity (Wildman–Crippen MR) is 128 cm³/mol. The van der Waals surface area contributed by atoms with Crippen LogP contribution in [0.2, 0.25) is 0 Å². The molecule has 0 atom stereocenters. The van der Waals surface area contributed by atoms with Crippen LogP contribution in [0.3, 0.4) is 0 Å². The molecular formula is C26H29N3O5. The number of aromatic nitrogens is 3. The summed E-state index contributed by atoms with van der Waals surface area (Å²) in [5.41, 5.74) is 2.56. The molecule has 0 unspecified atom stereocenters. The maximum atomic E-state index is 12.9. The third kappa shape index (κ3) is 5.88. The van der Waals surface area contributed by atoms with Gasteiger partial charge in [0.2, 0.25) is 0 Å². The van der Waals surface area contributed by atoms with Crippen LogP contribution < -0.4 is 10.4 Å². The molecule has 0 saturated heterocycles. The smallest absolute Gasteiger partial charge is 0.364 e. The second-order valence-corrected chi connectivity index (χ2v) is 8.66. The molecule has 1 heterocycles. The van der Waals surface area contributed by atoms with Crippen molar-refractivity contribution in [2.45, 2.75) is 32.2 Å². The average Bonchev–Trinajstić information content (AvgIpc) is 2.86. The lowest BCUT2D eigenvalue weighted by Crippen LogP contribution is -2.31. The standard InChI is InChI=1S/C26H29N3O5/c1-33-22-13-11-21(12-14-22)25-24(20-5-3-2-4-6-20)27-26(32)29(28-25)15-18-7-9-19(10-8-18)16-34-17-23(30)31/h2-6,11-14,18-19H,7-10,15-17H2,1H3,(H,30,31)/t18-,19+. The van der Waals surface area contributed by atoms with Crippen molar-refractivity contribution in [1.29, 1.82) is 0 Å². The van der Waals surface area contributed by atoms with Crippen molar-refractivity contribution in [3.8, 4) is 28.3 Å². The Morgan fingerprint density at radius 1 is 0.971 bits per heavy atom. The summed E-state index contributed by atoms with van der Waals surface area (Å²) in [7, 11) is 1.62. The second kappa shape index (κ2) is 11.1. The summed E-state index contributed by atoms with van der Waals surface area (Å²) >= 11 is 0. The summed E-state index contributed by atoms with van der Waals surface area (Å²) in [5, 5.41) is 13.5. The molecule has 8 nitrogen and oxygen atoms in total. The van der Waals surface area contributed by atoms with Crippen LogP contribution in [-0.2, 0) is 16.1 Å². The number of carboxylic acid groups (broad SMARTS) is 1. The molecule has 0 spiro atoms. The van der Waals surface area contributed by atoms with Gasteiger partial charge in [0.25, 0.3) is 0 Å². The van der Waals surface area contributed by atoms with E-state index in [1.54, 1.807) is 7.11 Å². The number of carboxylic acids is 1. The molecule has 0 radical (unpaired) electrons. The van der Waals surface area contributed by atoms with Gasteiger partial charge in [-0.1, -0.05) is 30.3 Å². The van der Waals surface area contributed by atoms with Gasteiger partial charge < -0.3 is 14.6 Å². The molecule has 3 aromatic rings. The molecule has 2 aromatic carbocycles. The summed E-state index contributed by atoms with van der Waals surface area (Å²) in [6.07, 6.45) is 3.76. The normalized spacial score (nSPS) is 17.9. The maximum absolute atomic E-state index is 12.9. The van der Waals surface area contributed by atoms with Crippen LogP contribution in [0.5, 0.6) is 5.75 Å². The molecule has 1 aromatic heterocycles. The van der Waals surface area contributed by atoms with E-state index in [0.717, 1.165) is 42.6 Å². The monoisotopic (exact) mass is 463 g/mol. The Hall–Kier alpha value is -3.52. The largest absolute Gasteiger partial charge is 0.497 e. The van der Waals surface area contributed by atoms with Gasteiger partial charge in [-0.3, -0.25) is 0 Å². The van der Waals surface area contributed by atoms with E-state index in [4.69, 9.17) is 19.7 Å². The fourth-order valence-corrected chi connectivity index (χ4v) is 4.41. The average molecular weight is 464 g/mol. The third-order valence-corrected chi connectivity index (χ3v) is 6.26. The molecule has 1 N–H and O–H groups in total. The maximum Gasteiger partial charge on any atom is 0.364 e. The molecule has 0 amide bonds. The summed E-state index contributed by atoms with van der Waals surface area (Å²) < 4.78 is 12.0. The SMILES string of the molecule is COc1ccc(-c2nn(C[C@H]3CC[C@@H](COCC(=O)O)CC3)c(=O)nc2-c2ccccc2)cc1. The van der Waals surface area contributed by atoms with Gasteiger partial charge in [0, 0.05) is 17.7 Å². The van der Waals surface area contributed by atoms with Crippen molar-refractivity contribution in [1.82, 2.24) is 14.8 Å². The Labute approximate surface area is 198 Å². The van der Waals surface area contributed by atoms with Crippen LogP contribution in [0.15, 0.2) is 59.4 Å². The second-order valence-electron chi connectivity index (χ2n) is 8.66. The zero-order valence-corrected chi connectivity index (χ0v) is 19.2. The summed E-state index contributed by atoms with van der Waals surface area (Å²) in [6.45, 7) is 0.714. The lowest BCUT2D eigenvalue weighted by molar-refractivity contribution is -0.142. The number of hydrogen-bond donors (Lipinski definition) is 1. The number of methoxy groups -OCH3 is 1. The molecular weight excluding hydrogens is 434 g/mol. The summed E-state index contributed by atoms with van der Waals surface area (Å²) in [6, 6.07) is 17.2. The van der Waals surface area contributed by atoms with Crippen LogP contribution >= 0.6 is 0 Å². The first-order chi connectivity index (χ1) is 16.5. The molecule has 1 fully saturated rings. The lowest BCUT2D eigenvalue weighted by atomic mass is 9.82. The van der Waals surface area contributed by atoms with Gasteiger partial charge in [-0.25, -0.2) is 14.3 Å². The quantitative estimate of drug-likeness (QED) is 0.513. The number of ether oxygens (including phenoxy) is 2. The van der Waals surface area contributed by atoms with Crippen LogP contribution in [-0.4, -0.2) is 46.2 Å². The Balaban J connectivity index is 1.54. The highest BCUT2D eigenvalue weighted by Crippen LogP contribution is 2.31. The molecule has 0 bridgehead atoms. The van der Waals surface area contributed by atoms with E-state index in [-0.39, 0.29) is 12.3 Å². The number of rotatable bonds is 9. The fourth-order valence-electron chi connectivity index (χ4n) is 4.41. The molecule has 4 rings (SSSR count). The van der Waals surface area contributed by atoms with Crippen molar-refractivity contribution in [2.24, 2.45) is 11.8 Å². The van der Waals surface area contributed by atoms with Crippen LogP contribution in [0, 0.1) is 11.8 Å². The number of nitrogens with zero attached hydrogens (tertiary/aromatic N) is 3. The van der Waals surface area contributed by atoms with E-state index in [1.807, 2.05) is 54.6 Å². The minimum Gasteiger partial charge on any atom is -0.497 e. The Bertz CT molecular complexity index is 1150. The summed E-state index contributed by atoms with van der Waals surface area (Å²) in [4.78, 5) is 28.0. The van der Waals surface area contributed by atoms with Crippen molar-refractivity contribution in [3.63, 3.8) is 0 Å². The highest BCUT2D eigenvalue weighted by Gasteiger charge is 2.23. The zero-order valence-electron chi connectivity index (χ0n) is 19.2. The van der Waals surface area contributed by atoms with E-state index in [1.165, 1.54) is 4.68 Å². The highest BCUT2D eigenvalue weighted by atomic mass is 16.5. The number of hydrogen-bond acceptors (Lipinski definition) is 6. The van der Waals surface area contributed by atoms with Gasteiger partial charge in [-0.2, -0.15) is 10.1 Å². The number of carbonyl (C=O) groups is 1. The third-order valence-electron chi connectivity index (χ3n) is 6.26. The van der Waals surface area contributed by atoms with Crippen molar-refractivity contribution < 1.29 is 19.4 Å². The molecule has 0 aliphatic heterocycles. The fraction of sp³-hybridized carbons (Fsp3) is 0.385. The molecule has 178 valence electrons. The van der Waals surface area contributed by atoms with E-state index in [2.05, 4.69) is 4.98 Å². The first kappa shape index (κ1) is 23.6. The molecule has 1 aliphatic rings. The summed E-state index contributed by atoms with van der Waals surface area (Å²) in [5.74, 6) is 0.469. The van der Waals surface area contributed by atoms with Crippen molar-refractivity contribution >= 4 is 5.97 Å². The van der Waals surface area contributed by atoms with Gasteiger partial charge >= 0.3 is 11.7 Å². The topological polar surface area (TPSA) is 104 Å². The zero-order chi connectivity index (χ0) is 23.9. The van der Waals surface area contributed by atoms with Gasteiger partial charge in [-0.05, 0) is 61.8 Å². The Morgan fingerprint density at radius 2 is 1.62 bits per heavy atom. The van der Waals surface area contributed by atoms with E-state index >= 15 is 0 Å². The molecule has 8 heteroatoms. The highest BCUT2D eigenvalue weighted by molar-refractivity contribution is 5.77. The van der Waals surface area contributed by atoms with E-state index < -0.39 is 5.97 Å². The lowest BCUT2D eigenvalue weighted by Gasteiger charge is -2.28. The van der Waals surface area contributed by atoms with Crippen LogP contribution in [0.25, 0.3) is 22.5 Å². The number of benzene rings is 2. The number of aliphatic carboxylic acids is 1. The first-order valence-electron chi connectivity index (χ1n) is 11.5. The molecule has 34 heavy (non-hydrogen) atoms. The van der Waals surface area contributed by atoms with Crippen LogP contribution in [0.1, 0.15) is 25.7 Å². The molecule has 1 saturated carbocycles. The van der Waals surface area contributed by atoms with Gasteiger partial charge in [-0.15, -0.1) is 0 Å². The van der Waals surface area contributed by atoms with Gasteiger partial charge in [0.15, 0.2) is 0 Å². The van der Waals surface area contributed by atoms with Crippen molar-refractivity contribution in [2.75, 3.05) is 20.3 Å². The first-order valence-corrected chi connectivity index (χ1v) is 11.5. The van der Waals surface area contributed by atoms with Crippen molar-refractivity contribution in [3.05, 3.63) is 65.1 Å². The minimum atomic E-state index is -0.946. The predicted octanol–water partition coefficient (Wildman–Crippen LogP) is 3.89. The van der Waals surface area contributed by atoms with E-state index in [9.17, 15) is 9.59 Å². The Morgan fingerprint density at radius 3 is 2.26 bits per heavy atom. The molecule has 1 aliphatic carbocycles.